The summed E-state index contributed by atoms with van der Waals surface area (Å²) in [6, 6.07) is 13.0. The fourth-order valence-electron chi connectivity index (χ4n) is 3.07. The van der Waals surface area contributed by atoms with Crippen molar-refractivity contribution >= 4 is 23.3 Å². The quantitative estimate of drug-likeness (QED) is 0.833. The molecule has 1 aliphatic rings. The van der Waals surface area contributed by atoms with Crippen LogP contribution in [0.1, 0.15) is 34.3 Å². The molecule has 1 aliphatic heterocycles. The minimum atomic E-state index is -0.902. The van der Waals surface area contributed by atoms with Gasteiger partial charge in [0.2, 0.25) is 0 Å². The second kappa shape index (κ2) is 7.69. The first-order chi connectivity index (χ1) is 11.6. The topological polar surface area (TPSA) is 52.6 Å². The van der Waals surface area contributed by atoms with Crippen LogP contribution in [0.25, 0.3) is 0 Å². The van der Waals surface area contributed by atoms with Crippen LogP contribution in [0, 0.1) is 0 Å². The Bertz CT molecular complexity index is 710. The fourth-order valence-corrected chi connectivity index (χ4v) is 3.31. The average molecular weight is 345 g/mol. The number of nitrogens with zero attached hydrogens (tertiary/aromatic N) is 1. The van der Waals surface area contributed by atoms with Crippen molar-refractivity contribution in [2.45, 2.75) is 25.9 Å². The standard InChI is InChI=1S/C19H21ClN2O2/c20-17-4-3-5-18(22-10-1-2-11-22)16(17)13-21-12-14-6-8-15(9-7-14)19(23)24/h3-9,21H,1-2,10-13H2,(H,23,24). The van der Waals surface area contributed by atoms with Crippen LogP contribution >= 0.6 is 11.6 Å². The molecule has 0 bridgehead atoms. The van der Waals surface area contributed by atoms with Gasteiger partial charge in [-0.15, -0.1) is 0 Å². The summed E-state index contributed by atoms with van der Waals surface area (Å²) in [5, 5.41) is 13.1. The highest BCUT2D eigenvalue weighted by molar-refractivity contribution is 6.31. The first-order valence-corrected chi connectivity index (χ1v) is 8.58. The fraction of sp³-hybridized carbons (Fsp3) is 0.316. The summed E-state index contributed by atoms with van der Waals surface area (Å²) in [4.78, 5) is 13.3. The lowest BCUT2D eigenvalue weighted by atomic mass is 10.1. The summed E-state index contributed by atoms with van der Waals surface area (Å²) >= 11 is 6.41. The third-order valence-electron chi connectivity index (χ3n) is 4.37. The highest BCUT2D eigenvalue weighted by Crippen LogP contribution is 2.30. The van der Waals surface area contributed by atoms with Gasteiger partial charge in [0.15, 0.2) is 0 Å². The maximum atomic E-state index is 10.9. The van der Waals surface area contributed by atoms with Gasteiger partial charge in [0.05, 0.1) is 5.56 Å². The molecule has 0 spiro atoms. The predicted octanol–water partition coefficient (Wildman–Crippen LogP) is 3.93. The number of hydrogen-bond donors (Lipinski definition) is 2. The van der Waals surface area contributed by atoms with Crippen molar-refractivity contribution in [1.82, 2.24) is 5.32 Å². The van der Waals surface area contributed by atoms with E-state index in [2.05, 4.69) is 16.3 Å². The number of carboxylic acid groups (broad SMARTS) is 1. The van der Waals surface area contributed by atoms with Gasteiger partial charge in [-0.2, -0.15) is 0 Å². The van der Waals surface area contributed by atoms with Crippen LogP contribution in [0.5, 0.6) is 0 Å². The normalized spacial score (nSPS) is 14.1. The molecule has 2 aromatic carbocycles. The number of benzene rings is 2. The molecule has 0 saturated carbocycles. The lowest BCUT2D eigenvalue weighted by Gasteiger charge is -2.22. The molecular weight excluding hydrogens is 324 g/mol. The van der Waals surface area contributed by atoms with E-state index >= 15 is 0 Å². The summed E-state index contributed by atoms with van der Waals surface area (Å²) in [6.07, 6.45) is 2.46. The third kappa shape index (κ3) is 3.89. The highest BCUT2D eigenvalue weighted by atomic mass is 35.5. The van der Waals surface area contributed by atoms with Gasteiger partial charge in [-0.3, -0.25) is 0 Å². The predicted molar refractivity (Wildman–Crippen MR) is 96.8 cm³/mol. The van der Waals surface area contributed by atoms with Crippen molar-refractivity contribution in [2.24, 2.45) is 0 Å². The number of aromatic carboxylic acids is 1. The van der Waals surface area contributed by atoms with Crippen LogP contribution in [-0.2, 0) is 13.1 Å². The molecule has 1 fully saturated rings. The molecule has 2 N–H and O–H groups in total. The van der Waals surface area contributed by atoms with Gasteiger partial charge in [-0.1, -0.05) is 29.8 Å². The molecule has 1 heterocycles. The van der Waals surface area contributed by atoms with Gasteiger partial charge < -0.3 is 15.3 Å². The highest BCUT2D eigenvalue weighted by Gasteiger charge is 2.17. The van der Waals surface area contributed by atoms with Gasteiger partial charge in [0, 0.05) is 42.5 Å². The Balaban J connectivity index is 1.65. The molecule has 24 heavy (non-hydrogen) atoms. The summed E-state index contributed by atoms with van der Waals surface area (Å²) < 4.78 is 0. The maximum Gasteiger partial charge on any atom is 0.335 e. The second-order valence-corrected chi connectivity index (χ2v) is 6.44. The summed E-state index contributed by atoms with van der Waals surface area (Å²) in [7, 11) is 0. The van der Waals surface area contributed by atoms with Crippen LogP contribution < -0.4 is 10.2 Å². The summed E-state index contributed by atoms with van der Waals surface area (Å²) in [5.41, 5.74) is 3.70. The Labute approximate surface area is 147 Å². The Morgan fingerprint density at radius 1 is 1.08 bits per heavy atom. The Hall–Kier alpha value is -2.04. The van der Waals surface area contributed by atoms with E-state index in [0.717, 1.165) is 29.2 Å². The third-order valence-corrected chi connectivity index (χ3v) is 4.73. The van der Waals surface area contributed by atoms with Crippen molar-refractivity contribution in [3.8, 4) is 0 Å². The van der Waals surface area contributed by atoms with Crippen molar-refractivity contribution in [2.75, 3.05) is 18.0 Å². The Kier molecular flexibility index (Phi) is 5.38. The van der Waals surface area contributed by atoms with E-state index in [4.69, 9.17) is 16.7 Å². The van der Waals surface area contributed by atoms with E-state index in [9.17, 15) is 4.79 Å². The molecule has 4 nitrogen and oxygen atoms in total. The lowest BCUT2D eigenvalue weighted by Crippen LogP contribution is -2.22. The number of rotatable bonds is 6. The van der Waals surface area contributed by atoms with Gasteiger partial charge in [0.1, 0.15) is 0 Å². The van der Waals surface area contributed by atoms with E-state index in [-0.39, 0.29) is 0 Å². The number of carbonyl (C=O) groups is 1. The van der Waals surface area contributed by atoms with Gasteiger partial charge in [-0.05, 0) is 42.7 Å². The molecule has 126 valence electrons. The van der Waals surface area contributed by atoms with Gasteiger partial charge in [-0.25, -0.2) is 4.79 Å². The van der Waals surface area contributed by atoms with E-state index < -0.39 is 5.97 Å². The van der Waals surface area contributed by atoms with Crippen LogP contribution in [-0.4, -0.2) is 24.2 Å². The smallest absolute Gasteiger partial charge is 0.335 e. The summed E-state index contributed by atoms with van der Waals surface area (Å²) in [6.45, 7) is 3.53. The van der Waals surface area contributed by atoms with Crippen molar-refractivity contribution in [3.63, 3.8) is 0 Å². The average Bonchev–Trinajstić information content (AvgIpc) is 3.11. The maximum absolute atomic E-state index is 10.9. The van der Waals surface area contributed by atoms with Gasteiger partial charge >= 0.3 is 5.97 Å². The minimum Gasteiger partial charge on any atom is -0.478 e. The monoisotopic (exact) mass is 344 g/mol. The molecule has 0 atom stereocenters. The number of halogens is 1. The number of anilines is 1. The van der Waals surface area contributed by atoms with E-state index in [1.807, 2.05) is 24.3 Å². The lowest BCUT2D eigenvalue weighted by molar-refractivity contribution is 0.0697. The molecule has 2 aromatic rings. The van der Waals surface area contributed by atoms with Crippen molar-refractivity contribution in [1.29, 1.82) is 0 Å². The van der Waals surface area contributed by atoms with Crippen LogP contribution in [0.15, 0.2) is 42.5 Å². The zero-order valence-electron chi connectivity index (χ0n) is 13.5. The number of hydrogen-bond acceptors (Lipinski definition) is 3. The van der Waals surface area contributed by atoms with E-state index in [1.54, 1.807) is 12.1 Å². The number of carboxylic acids is 1. The molecule has 0 amide bonds. The first kappa shape index (κ1) is 16.8. The van der Waals surface area contributed by atoms with Crippen LogP contribution in [0.2, 0.25) is 5.02 Å². The number of nitrogens with one attached hydrogen (secondary N) is 1. The summed E-state index contributed by atoms with van der Waals surface area (Å²) in [5.74, 6) is -0.902. The second-order valence-electron chi connectivity index (χ2n) is 6.04. The Morgan fingerprint density at radius 2 is 1.79 bits per heavy atom. The molecular formula is C19H21ClN2O2. The van der Waals surface area contributed by atoms with Gasteiger partial charge in [0.25, 0.3) is 0 Å². The largest absolute Gasteiger partial charge is 0.478 e. The van der Waals surface area contributed by atoms with E-state index in [0.29, 0.717) is 18.7 Å². The van der Waals surface area contributed by atoms with Crippen LogP contribution in [0.4, 0.5) is 5.69 Å². The molecule has 3 rings (SSSR count). The van der Waals surface area contributed by atoms with E-state index in [1.165, 1.54) is 18.5 Å². The van der Waals surface area contributed by atoms with Crippen molar-refractivity contribution in [3.05, 3.63) is 64.2 Å². The first-order valence-electron chi connectivity index (χ1n) is 8.20. The SMILES string of the molecule is O=C(O)c1ccc(CNCc2c(Cl)cccc2N2CCCC2)cc1. The van der Waals surface area contributed by atoms with Crippen LogP contribution in [0.3, 0.4) is 0 Å². The zero-order valence-corrected chi connectivity index (χ0v) is 14.2. The molecule has 0 aliphatic carbocycles. The zero-order chi connectivity index (χ0) is 16.9. The van der Waals surface area contributed by atoms with Crippen molar-refractivity contribution < 1.29 is 9.90 Å². The molecule has 0 radical (unpaired) electrons. The molecule has 0 aromatic heterocycles. The Morgan fingerprint density at radius 3 is 2.46 bits per heavy atom. The molecule has 0 unspecified atom stereocenters. The molecule has 5 heteroatoms. The molecule has 1 saturated heterocycles. The minimum absolute atomic E-state index is 0.307.